The molecule has 1 N–H and O–H groups in total. The van der Waals surface area contributed by atoms with E-state index in [9.17, 15) is 9.59 Å². The van der Waals surface area contributed by atoms with Crippen molar-refractivity contribution in [1.82, 2.24) is 4.98 Å². The van der Waals surface area contributed by atoms with Crippen LogP contribution in [-0.2, 0) is 9.53 Å². The summed E-state index contributed by atoms with van der Waals surface area (Å²) in [5.74, 6) is 1.27. The van der Waals surface area contributed by atoms with Gasteiger partial charge in [-0.25, -0.2) is 9.78 Å². The van der Waals surface area contributed by atoms with Gasteiger partial charge in [0.2, 0.25) is 5.91 Å². The first-order valence-corrected chi connectivity index (χ1v) is 10.3. The number of fused-ring (bicyclic) bond motifs is 1. The summed E-state index contributed by atoms with van der Waals surface area (Å²) < 4.78 is 5.15. The first kappa shape index (κ1) is 19.7. The van der Waals surface area contributed by atoms with Gasteiger partial charge in [0.15, 0.2) is 0 Å². The fraction of sp³-hybridized carbons (Fsp3) is 0.500. The molecule has 5 nitrogen and oxygen atoms in total. The zero-order valence-corrected chi connectivity index (χ0v) is 16.9. The summed E-state index contributed by atoms with van der Waals surface area (Å²) in [5.41, 5.74) is 2.39. The average molecular weight is 381 g/mol. The maximum Gasteiger partial charge on any atom is 0.350 e. The Morgan fingerprint density at radius 3 is 2.72 bits per heavy atom. The van der Waals surface area contributed by atoms with Crippen LogP contribution in [0.3, 0.4) is 0 Å². The number of carbonyl (C=O) groups excluding carboxylic acids is 2. The number of anilines is 1. The van der Waals surface area contributed by atoms with Gasteiger partial charge in [-0.2, -0.15) is 11.8 Å². The lowest BCUT2D eigenvalue weighted by atomic mass is 10.1. The van der Waals surface area contributed by atoms with Crippen LogP contribution in [0, 0.1) is 19.8 Å². The molecule has 0 radical (unpaired) electrons. The highest BCUT2D eigenvalue weighted by molar-refractivity contribution is 7.99. The van der Waals surface area contributed by atoms with E-state index in [0.29, 0.717) is 22.2 Å². The fourth-order valence-corrected chi connectivity index (χ4v) is 4.46. The normalized spacial score (nSPS) is 11.1. The lowest BCUT2D eigenvalue weighted by molar-refractivity contribution is -0.113. The predicted octanol–water partition coefficient (Wildman–Crippen LogP) is 4.42. The zero-order chi connectivity index (χ0) is 18.6. The Labute approximate surface area is 156 Å². The van der Waals surface area contributed by atoms with Gasteiger partial charge >= 0.3 is 5.97 Å². The third-order valence-electron chi connectivity index (χ3n) is 3.40. The molecule has 0 unspecified atom stereocenters. The van der Waals surface area contributed by atoms with E-state index in [1.807, 2.05) is 19.9 Å². The number of rotatable bonds is 7. The van der Waals surface area contributed by atoms with Gasteiger partial charge < -0.3 is 10.1 Å². The molecule has 1 amide bonds. The van der Waals surface area contributed by atoms with Crippen molar-refractivity contribution in [3.05, 3.63) is 22.2 Å². The average Bonchev–Trinajstić information content (AvgIpc) is 2.85. The number of esters is 1. The minimum atomic E-state index is -0.423. The molecule has 0 atom stereocenters. The van der Waals surface area contributed by atoms with E-state index in [1.165, 1.54) is 11.3 Å². The third-order valence-corrected chi connectivity index (χ3v) is 5.83. The minimum absolute atomic E-state index is 0.115. The predicted molar refractivity (Wildman–Crippen MR) is 106 cm³/mol. The van der Waals surface area contributed by atoms with Crippen molar-refractivity contribution < 1.29 is 14.3 Å². The number of amides is 1. The summed E-state index contributed by atoms with van der Waals surface area (Å²) in [4.78, 5) is 30.3. The quantitative estimate of drug-likeness (QED) is 0.720. The Morgan fingerprint density at radius 1 is 1.36 bits per heavy atom. The molecular weight excluding hydrogens is 356 g/mol. The van der Waals surface area contributed by atoms with Crippen molar-refractivity contribution in [2.45, 2.75) is 34.6 Å². The molecule has 0 aliphatic heterocycles. The molecule has 0 aromatic carbocycles. The Bertz CT molecular complexity index is 784. The van der Waals surface area contributed by atoms with Crippen molar-refractivity contribution in [3.8, 4) is 0 Å². The van der Waals surface area contributed by atoms with E-state index in [4.69, 9.17) is 4.74 Å². The van der Waals surface area contributed by atoms with E-state index in [1.54, 1.807) is 18.7 Å². The molecule has 7 heteroatoms. The third kappa shape index (κ3) is 4.95. The van der Waals surface area contributed by atoms with Crippen LogP contribution in [0.4, 0.5) is 5.69 Å². The van der Waals surface area contributed by atoms with Crippen LogP contribution in [0.25, 0.3) is 10.2 Å². The van der Waals surface area contributed by atoms with Gasteiger partial charge in [-0.3, -0.25) is 4.79 Å². The van der Waals surface area contributed by atoms with Crippen LogP contribution < -0.4 is 5.32 Å². The number of nitrogens with one attached hydrogen (secondary N) is 1. The molecule has 0 fully saturated rings. The first-order chi connectivity index (χ1) is 11.8. The molecule has 0 aliphatic carbocycles. The molecule has 25 heavy (non-hydrogen) atoms. The van der Waals surface area contributed by atoms with Gasteiger partial charge in [-0.05, 0) is 44.1 Å². The van der Waals surface area contributed by atoms with Gasteiger partial charge in [-0.1, -0.05) is 13.8 Å². The molecule has 0 spiro atoms. The molecule has 0 saturated carbocycles. The van der Waals surface area contributed by atoms with Gasteiger partial charge in [-0.15, -0.1) is 11.3 Å². The van der Waals surface area contributed by atoms with E-state index >= 15 is 0 Å². The van der Waals surface area contributed by atoms with E-state index in [-0.39, 0.29) is 12.5 Å². The van der Waals surface area contributed by atoms with Crippen molar-refractivity contribution >= 4 is 50.9 Å². The summed E-state index contributed by atoms with van der Waals surface area (Å²) in [6, 6.07) is 1.95. The number of pyridine rings is 1. The number of aromatic nitrogens is 1. The number of hydrogen-bond donors (Lipinski definition) is 1. The molecule has 2 aromatic heterocycles. The van der Waals surface area contributed by atoms with Gasteiger partial charge in [0.25, 0.3) is 0 Å². The fourth-order valence-electron chi connectivity index (χ4n) is 2.46. The monoisotopic (exact) mass is 380 g/mol. The molecular formula is C18H24N2O3S2. The van der Waals surface area contributed by atoms with Gasteiger partial charge in [0.1, 0.15) is 9.71 Å². The second-order valence-corrected chi connectivity index (χ2v) is 8.27. The number of carbonyl (C=O) groups is 2. The SMILES string of the molecule is CCOC(=O)c1sc2nc(C)cc(C)c2c1NC(=O)CSCC(C)C. The minimum Gasteiger partial charge on any atom is -0.462 e. The second kappa shape index (κ2) is 8.67. The molecule has 2 rings (SSSR count). The van der Waals surface area contributed by atoms with Crippen LogP contribution in [0.5, 0.6) is 0 Å². The summed E-state index contributed by atoms with van der Waals surface area (Å²) in [5, 5.41) is 3.74. The van der Waals surface area contributed by atoms with Crippen LogP contribution in [0.1, 0.15) is 41.7 Å². The van der Waals surface area contributed by atoms with Gasteiger partial charge in [0.05, 0.1) is 18.0 Å². The summed E-state index contributed by atoms with van der Waals surface area (Å²) in [6.45, 7) is 10.2. The summed E-state index contributed by atoms with van der Waals surface area (Å²) in [7, 11) is 0. The number of nitrogens with zero attached hydrogens (tertiary/aromatic N) is 1. The highest BCUT2D eigenvalue weighted by atomic mass is 32.2. The Kier molecular flexibility index (Phi) is 6.84. The van der Waals surface area contributed by atoms with Crippen molar-refractivity contribution in [3.63, 3.8) is 0 Å². The molecule has 2 aromatic rings. The van der Waals surface area contributed by atoms with Crippen LogP contribution in [0.2, 0.25) is 0 Å². The summed E-state index contributed by atoms with van der Waals surface area (Å²) >= 11 is 2.85. The van der Waals surface area contributed by atoms with Gasteiger partial charge in [0, 0.05) is 11.1 Å². The highest BCUT2D eigenvalue weighted by Crippen LogP contribution is 2.37. The Balaban J connectivity index is 2.36. The number of aryl methyl sites for hydroxylation is 2. The number of thioether (sulfide) groups is 1. The number of ether oxygens (including phenoxy) is 1. The molecule has 136 valence electrons. The smallest absolute Gasteiger partial charge is 0.350 e. The number of hydrogen-bond acceptors (Lipinski definition) is 6. The van der Waals surface area contributed by atoms with E-state index in [0.717, 1.165) is 27.2 Å². The maximum absolute atomic E-state index is 12.3. The maximum atomic E-state index is 12.3. The van der Waals surface area contributed by atoms with E-state index < -0.39 is 5.97 Å². The van der Waals surface area contributed by atoms with Crippen LogP contribution in [0.15, 0.2) is 6.07 Å². The topological polar surface area (TPSA) is 68.3 Å². The van der Waals surface area contributed by atoms with E-state index in [2.05, 4.69) is 24.1 Å². The van der Waals surface area contributed by atoms with Crippen molar-refractivity contribution in [2.75, 3.05) is 23.4 Å². The van der Waals surface area contributed by atoms with Crippen molar-refractivity contribution in [2.24, 2.45) is 5.92 Å². The molecule has 0 saturated heterocycles. The number of thiophene rings is 1. The van der Waals surface area contributed by atoms with Crippen molar-refractivity contribution in [1.29, 1.82) is 0 Å². The molecule has 0 aliphatic rings. The van der Waals surface area contributed by atoms with Crippen LogP contribution in [-0.4, -0.2) is 35.0 Å². The molecule has 2 heterocycles. The van der Waals surface area contributed by atoms with Crippen LogP contribution >= 0.6 is 23.1 Å². The Morgan fingerprint density at radius 2 is 2.08 bits per heavy atom. The second-order valence-electron chi connectivity index (χ2n) is 6.24. The lowest BCUT2D eigenvalue weighted by Gasteiger charge is -2.09. The molecule has 0 bridgehead atoms. The highest BCUT2D eigenvalue weighted by Gasteiger charge is 2.23. The first-order valence-electron chi connectivity index (χ1n) is 8.28. The summed E-state index contributed by atoms with van der Waals surface area (Å²) in [6.07, 6.45) is 0. The standard InChI is InChI=1S/C18H24N2O3S2/c1-6-23-18(22)16-15(20-13(21)9-24-8-10(2)3)14-11(4)7-12(5)19-17(14)25-16/h7,10H,6,8-9H2,1-5H3,(H,20,21). The largest absolute Gasteiger partial charge is 0.462 e. The lowest BCUT2D eigenvalue weighted by Crippen LogP contribution is -2.17. The zero-order valence-electron chi connectivity index (χ0n) is 15.3. The Hall–Kier alpha value is -1.60.